The van der Waals surface area contributed by atoms with Crippen LogP contribution in [0.5, 0.6) is 11.5 Å². The lowest BCUT2D eigenvalue weighted by Crippen LogP contribution is -2.38. The van der Waals surface area contributed by atoms with Gasteiger partial charge in [-0.25, -0.2) is 4.79 Å². The van der Waals surface area contributed by atoms with Crippen LogP contribution in [0.4, 0.5) is 4.79 Å². The number of benzene rings is 1. The average molecular weight is 210 g/mol. The number of phenols is 1. The highest BCUT2D eigenvalue weighted by atomic mass is 16.5. The van der Waals surface area contributed by atoms with E-state index in [-0.39, 0.29) is 12.4 Å². The van der Waals surface area contributed by atoms with Crippen molar-refractivity contribution in [2.75, 3.05) is 6.61 Å². The number of nitrogens with one attached hydrogen (secondary N) is 1. The van der Waals surface area contributed by atoms with Gasteiger partial charge >= 0.3 is 6.03 Å². The summed E-state index contributed by atoms with van der Waals surface area (Å²) in [5.74, 6) is -0.289. The van der Waals surface area contributed by atoms with Crippen LogP contribution in [0.3, 0.4) is 0 Å². The summed E-state index contributed by atoms with van der Waals surface area (Å²) in [6.07, 6.45) is 0. The van der Waals surface area contributed by atoms with Crippen LogP contribution in [0.15, 0.2) is 24.3 Å². The number of nitrogens with two attached hydrogens (primary N) is 1. The molecule has 0 aliphatic rings. The van der Waals surface area contributed by atoms with Crippen molar-refractivity contribution in [1.82, 2.24) is 5.32 Å². The van der Waals surface area contributed by atoms with Gasteiger partial charge in [-0.3, -0.25) is 10.1 Å². The zero-order chi connectivity index (χ0) is 11.3. The van der Waals surface area contributed by atoms with Crippen LogP contribution >= 0.6 is 0 Å². The second-order valence-corrected chi connectivity index (χ2v) is 2.70. The van der Waals surface area contributed by atoms with Gasteiger partial charge in [-0.05, 0) is 12.1 Å². The molecule has 0 saturated heterocycles. The molecular weight excluding hydrogens is 200 g/mol. The van der Waals surface area contributed by atoms with Gasteiger partial charge in [-0.1, -0.05) is 6.07 Å². The Balaban J connectivity index is 2.43. The molecule has 4 N–H and O–H groups in total. The summed E-state index contributed by atoms with van der Waals surface area (Å²) in [4.78, 5) is 21.2. The second-order valence-electron chi connectivity index (χ2n) is 2.70. The van der Waals surface area contributed by atoms with Crippen LogP contribution in [-0.4, -0.2) is 23.7 Å². The zero-order valence-electron chi connectivity index (χ0n) is 7.77. The average Bonchev–Trinajstić information content (AvgIpc) is 2.14. The molecule has 6 heteroatoms. The first-order valence-electron chi connectivity index (χ1n) is 4.09. The number of imide groups is 1. The molecule has 0 heterocycles. The molecule has 15 heavy (non-hydrogen) atoms. The number of hydrogen-bond donors (Lipinski definition) is 3. The SMILES string of the molecule is NC(=O)NC(=O)COc1cccc(O)c1. The molecule has 6 nitrogen and oxygen atoms in total. The molecule has 0 atom stereocenters. The lowest BCUT2D eigenvalue weighted by Gasteiger charge is -2.05. The van der Waals surface area contributed by atoms with Gasteiger partial charge in [0.25, 0.3) is 5.91 Å². The molecular formula is C9H10N2O4. The van der Waals surface area contributed by atoms with E-state index in [9.17, 15) is 9.59 Å². The van der Waals surface area contributed by atoms with Crippen molar-refractivity contribution < 1.29 is 19.4 Å². The van der Waals surface area contributed by atoms with Gasteiger partial charge in [-0.15, -0.1) is 0 Å². The molecule has 0 aromatic heterocycles. The maximum Gasteiger partial charge on any atom is 0.318 e. The zero-order valence-corrected chi connectivity index (χ0v) is 7.77. The Kier molecular flexibility index (Phi) is 3.50. The summed E-state index contributed by atoms with van der Waals surface area (Å²) in [5, 5.41) is 10.9. The van der Waals surface area contributed by atoms with Crippen LogP contribution in [0, 0.1) is 0 Å². The molecule has 0 spiro atoms. The van der Waals surface area contributed by atoms with Crippen LogP contribution in [0.1, 0.15) is 0 Å². The number of hydrogen-bond acceptors (Lipinski definition) is 4. The second kappa shape index (κ2) is 4.85. The van der Waals surface area contributed by atoms with E-state index in [0.717, 1.165) is 0 Å². The first-order chi connectivity index (χ1) is 7.08. The lowest BCUT2D eigenvalue weighted by molar-refractivity contribution is -0.121. The van der Waals surface area contributed by atoms with Crippen LogP contribution in [0.25, 0.3) is 0 Å². The van der Waals surface area contributed by atoms with Crippen molar-refractivity contribution in [1.29, 1.82) is 0 Å². The fraction of sp³-hybridized carbons (Fsp3) is 0.111. The van der Waals surface area contributed by atoms with Crippen molar-refractivity contribution in [3.8, 4) is 11.5 Å². The van der Waals surface area contributed by atoms with E-state index < -0.39 is 11.9 Å². The number of phenolic OH excluding ortho intramolecular Hbond substituents is 1. The summed E-state index contributed by atoms with van der Waals surface area (Å²) < 4.78 is 4.97. The maximum absolute atomic E-state index is 10.9. The highest BCUT2D eigenvalue weighted by Crippen LogP contribution is 2.17. The smallest absolute Gasteiger partial charge is 0.318 e. The topological polar surface area (TPSA) is 102 Å². The van der Waals surface area contributed by atoms with Crippen LogP contribution in [-0.2, 0) is 4.79 Å². The number of amides is 3. The summed E-state index contributed by atoms with van der Waals surface area (Å²) in [6.45, 7) is -0.341. The van der Waals surface area contributed by atoms with Gasteiger partial charge in [0.2, 0.25) is 0 Å². The minimum absolute atomic E-state index is 0.0304. The summed E-state index contributed by atoms with van der Waals surface area (Å²) in [6, 6.07) is 5.02. The first kappa shape index (κ1) is 10.8. The molecule has 1 rings (SSSR count). The number of ether oxygens (including phenoxy) is 1. The molecule has 0 bridgehead atoms. The molecule has 0 saturated carbocycles. The number of carbonyl (C=O) groups excluding carboxylic acids is 2. The van der Waals surface area contributed by atoms with Crippen LogP contribution < -0.4 is 15.8 Å². The Bertz CT molecular complexity index is 378. The Morgan fingerprint density at radius 3 is 2.80 bits per heavy atom. The van der Waals surface area contributed by atoms with Gasteiger partial charge in [0.1, 0.15) is 11.5 Å². The van der Waals surface area contributed by atoms with Crippen molar-refractivity contribution >= 4 is 11.9 Å². The molecule has 0 unspecified atom stereocenters. The Morgan fingerprint density at radius 2 is 2.20 bits per heavy atom. The minimum atomic E-state index is -0.931. The fourth-order valence-electron chi connectivity index (χ4n) is 0.896. The fourth-order valence-corrected chi connectivity index (χ4v) is 0.896. The lowest BCUT2D eigenvalue weighted by atomic mass is 10.3. The molecule has 80 valence electrons. The van der Waals surface area contributed by atoms with Gasteiger partial charge < -0.3 is 15.6 Å². The Hall–Kier alpha value is -2.24. The van der Waals surface area contributed by atoms with E-state index >= 15 is 0 Å². The molecule has 1 aromatic rings. The minimum Gasteiger partial charge on any atom is -0.508 e. The molecule has 3 amide bonds. The van der Waals surface area contributed by atoms with Gasteiger partial charge in [0.15, 0.2) is 6.61 Å². The summed E-state index contributed by atoms with van der Waals surface area (Å²) >= 11 is 0. The van der Waals surface area contributed by atoms with E-state index in [1.54, 1.807) is 12.1 Å². The third kappa shape index (κ3) is 3.99. The number of aromatic hydroxyl groups is 1. The standard InChI is InChI=1S/C9H10N2O4/c10-9(14)11-8(13)5-15-7-3-1-2-6(12)4-7/h1-4,12H,5H2,(H3,10,11,13,14). The van der Waals surface area contributed by atoms with Gasteiger partial charge in [0, 0.05) is 6.07 Å². The van der Waals surface area contributed by atoms with Crippen molar-refractivity contribution in [3.63, 3.8) is 0 Å². The largest absolute Gasteiger partial charge is 0.508 e. The maximum atomic E-state index is 10.9. The highest BCUT2D eigenvalue weighted by Gasteiger charge is 2.04. The number of urea groups is 1. The first-order valence-corrected chi connectivity index (χ1v) is 4.09. The third-order valence-electron chi connectivity index (χ3n) is 1.45. The Morgan fingerprint density at radius 1 is 1.47 bits per heavy atom. The summed E-state index contributed by atoms with van der Waals surface area (Å²) in [7, 11) is 0. The molecule has 0 fully saturated rings. The monoisotopic (exact) mass is 210 g/mol. The normalized spacial score (nSPS) is 9.33. The van der Waals surface area contributed by atoms with E-state index in [2.05, 4.69) is 0 Å². The molecule has 1 aromatic carbocycles. The number of carbonyl (C=O) groups is 2. The molecule has 0 aliphatic heterocycles. The van der Waals surface area contributed by atoms with E-state index in [0.29, 0.717) is 5.75 Å². The molecule has 0 aliphatic carbocycles. The third-order valence-corrected chi connectivity index (χ3v) is 1.45. The quantitative estimate of drug-likeness (QED) is 0.651. The summed E-state index contributed by atoms with van der Waals surface area (Å²) in [5.41, 5.74) is 4.72. The highest BCUT2D eigenvalue weighted by molar-refractivity contribution is 5.94. The van der Waals surface area contributed by atoms with Crippen LogP contribution in [0.2, 0.25) is 0 Å². The van der Waals surface area contributed by atoms with Crippen molar-refractivity contribution in [2.45, 2.75) is 0 Å². The molecule has 0 radical (unpaired) electrons. The van der Waals surface area contributed by atoms with Gasteiger partial charge in [0.05, 0.1) is 0 Å². The van der Waals surface area contributed by atoms with E-state index in [4.69, 9.17) is 15.6 Å². The predicted molar refractivity (Wildman–Crippen MR) is 51.3 cm³/mol. The number of rotatable bonds is 3. The van der Waals surface area contributed by atoms with Gasteiger partial charge in [-0.2, -0.15) is 0 Å². The van der Waals surface area contributed by atoms with Crippen molar-refractivity contribution in [2.24, 2.45) is 5.73 Å². The predicted octanol–water partition coefficient (Wildman–Crippen LogP) is -0.0341. The van der Waals surface area contributed by atoms with E-state index in [1.165, 1.54) is 12.1 Å². The van der Waals surface area contributed by atoms with E-state index in [1.807, 2.05) is 5.32 Å². The number of primary amides is 1. The Labute approximate surface area is 85.6 Å². The van der Waals surface area contributed by atoms with Crippen molar-refractivity contribution in [3.05, 3.63) is 24.3 Å².